The Bertz CT molecular complexity index is 844. The maximum absolute atomic E-state index is 12.6. The molecule has 1 fully saturated rings. The van der Waals surface area contributed by atoms with E-state index in [1.165, 1.54) is 12.1 Å². The van der Waals surface area contributed by atoms with E-state index >= 15 is 0 Å². The Labute approximate surface area is 143 Å². The largest absolute Gasteiger partial charge is 0.369 e. The molecule has 1 aromatic carbocycles. The molecule has 0 spiro atoms. The summed E-state index contributed by atoms with van der Waals surface area (Å²) in [6.07, 6.45) is 4.01. The summed E-state index contributed by atoms with van der Waals surface area (Å²) in [6, 6.07) is 6.35. The first-order valence-corrected chi connectivity index (χ1v) is 8.24. The first-order valence-electron chi connectivity index (χ1n) is 8.24. The minimum Gasteiger partial charge on any atom is -0.360 e. The molecule has 2 aliphatic rings. The van der Waals surface area contributed by atoms with Crippen molar-refractivity contribution in [2.24, 2.45) is 0 Å². The maximum atomic E-state index is 12.6. The third-order valence-electron chi connectivity index (χ3n) is 4.77. The average molecular weight is 340 g/mol. The number of hydroxylamine groups is 2. The van der Waals surface area contributed by atoms with Gasteiger partial charge in [-0.15, -0.1) is 0 Å². The van der Waals surface area contributed by atoms with Gasteiger partial charge in [-0.2, -0.15) is 0 Å². The summed E-state index contributed by atoms with van der Waals surface area (Å²) in [7, 11) is 0. The Kier molecular flexibility index (Phi) is 3.63. The van der Waals surface area contributed by atoms with Gasteiger partial charge in [-0.1, -0.05) is 35.2 Å². The molecule has 0 radical (unpaired) electrons. The molecular formula is C18H16N2O5. The van der Waals surface area contributed by atoms with Crippen LogP contribution in [0.25, 0.3) is 0 Å². The number of hydrogen-bond acceptors (Lipinski definition) is 6. The van der Waals surface area contributed by atoms with Crippen LogP contribution in [-0.2, 0) is 4.84 Å². The number of fused-ring (bicyclic) bond motifs is 1. The second-order valence-corrected chi connectivity index (χ2v) is 6.31. The summed E-state index contributed by atoms with van der Waals surface area (Å²) in [6.45, 7) is 1.62. The number of carbonyl (C=O) groups is 3. The molecule has 1 aromatic heterocycles. The first-order chi connectivity index (χ1) is 12.1. The number of imide groups is 1. The van der Waals surface area contributed by atoms with Gasteiger partial charge in [0.25, 0.3) is 11.8 Å². The van der Waals surface area contributed by atoms with Crippen molar-refractivity contribution in [1.82, 2.24) is 10.2 Å². The fourth-order valence-corrected chi connectivity index (χ4v) is 3.49. The molecule has 1 saturated carbocycles. The highest BCUT2D eigenvalue weighted by Crippen LogP contribution is 2.36. The monoisotopic (exact) mass is 340 g/mol. The van der Waals surface area contributed by atoms with Gasteiger partial charge in [0.1, 0.15) is 17.0 Å². The first kappa shape index (κ1) is 15.6. The molecule has 25 heavy (non-hydrogen) atoms. The van der Waals surface area contributed by atoms with E-state index in [4.69, 9.17) is 9.36 Å². The normalized spacial score (nSPS) is 17.2. The Morgan fingerprint density at radius 3 is 2.36 bits per heavy atom. The van der Waals surface area contributed by atoms with E-state index in [0.717, 1.165) is 25.7 Å². The Balaban J connectivity index is 1.61. The molecule has 1 aliphatic heterocycles. The van der Waals surface area contributed by atoms with E-state index in [0.29, 0.717) is 16.5 Å². The van der Waals surface area contributed by atoms with Crippen LogP contribution in [-0.4, -0.2) is 28.0 Å². The van der Waals surface area contributed by atoms with Crippen molar-refractivity contribution in [3.63, 3.8) is 0 Å². The Hall–Kier alpha value is -2.96. The number of benzene rings is 1. The van der Waals surface area contributed by atoms with Gasteiger partial charge < -0.3 is 9.36 Å². The van der Waals surface area contributed by atoms with E-state index in [2.05, 4.69) is 5.16 Å². The van der Waals surface area contributed by atoms with E-state index in [-0.39, 0.29) is 22.6 Å². The van der Waals surface area contributed by atoms with Gasteiger partial charge >= 0.3 is 5.97 Å². The van der Waals surface area contributed by atoms with Crippen LogP contribution in [0, 0.1) is 6.92 Å². The number of aryl methyl sites for hydroxylation is 1. The summed E-state index contributed by atoms with van der Waals surface area (Å²) in [5, 5.41) is 4.52. The molecule has 0 saturated heterocycles. The number of hydrogen-bond donors (Lipinski definition) is 0. The molecule has 0 unspecified atom stereocenters. The standard InChI is InChI=1S/C18H16N2O5/c1-10-14(15(19-24-10)11-6-2-3-7-11)18(23)25-20-16(21)12-8-4-5-9-13(12)17(20)22/h4-5,8-9,11H,2-3,6-7H2,1H3. The molecule has 7 nitrogen and oxygen atoms in total. The van der Waals surface area contributed by atoms with Crippen LogP contribution in [0.5, 0.6) is 0 Å². The minimum atomic E-state index is -0.796. The third kappa shape index (κ3) is 2.43. The van der Waals surface area contributed by atoms with E-state index in [1.54, 1.807) is 19.1 Å². The third-order valence-corrected chi connectivity index (χ3v) is 4.77. The smallest absolute Gasteiger partial charge is 0.360 e. The summed E-state index contributed by atoms with van der Waals surface area (Å²) in [5.74, 6) is -1.63. The fourth-order valence-electron chi connectivity index (χ4n) is 3.49. The fraction of sp³-hybridized carbons (Fsp3) is 0.333. The number of amides is 2. The van der Waals surface area contributed by atoms with E-state index in [9.17, 15) is 14.4 Å². The Morgan fingerprint density at radius 1 is 1.16 bits per heavy atom. The van der Waals surface area contributed by atoms with Crippen LogP contribution in [0.2, 0.25) is 0 Å². The quantitative estimate of drug-likeness (QED) is 0.798. The highest BCUT2D eigenvalue weighted by Gasteiger charge is 2.40. The number of carbonyl (C=O) groups excluding carboxylic acids is 3. The van der Waals surface area contributed by atoms with Crippen LogP contribution in [0.15, 0.2) is 28.8 Å². The van der Waals surface area contributed by atoms with Gasteiger partial charge in [-0.25, -0.2) is 4.79 Å². The number of aromatic nitrogens is 1. The maximum Gasteiger partial charge on any atom is 0.369 e. The highest BCUT2D eigenvalue weighted by atomic mass is 16.7. The van der Waals surface area contributed by atoms with Gasteiger partial charge in [0.2, 0.25) is 0 Å². The summed E-state index contributed by atoms with van der Waals surface area (Å²) >= 11 is 0. The van der Waals surface area contributed by atoms with E-state index < -0.39 is 17.8 Å². The molecule has 0 atom stereocenters. The van der Waals surface area contributed by atoms with Crippen LogP contribution >= 0.6 is 0 Å². The van der Waals surface area contributed by atoms with Crippen molar-refractivity contribution in [3.05, 3.63) is 52.4 Å². The van der Waals surface area contributed by atoms with Crippen LogP contribution in [0.1, 0.15) is 74.1 Å². The molecule has 2 aromatic rings. The molecule has 2 amide bonds. The molecule has 0 bridgehead atoms. The van der Waals surface area contributed by atoms with Crippen molar-refractivity contribution < 1.29 is 23.7 Å². The van der Waals surface area contributed by atoms with Crippen molar-refractivity contribution in [3.8, 4) is 0 Å². The summed E-state index contributed by atoms with van der Waals surface area (Å²) in [5.41, 5.74) is 1.21. The lowest BCUT2D eigenvalue weighted by molar-refractivity contribution is -0.0586. The van der Waals surface area contributed by atoms with Crippen molar-refractivity contribution in [2.75, 3.05) is 0 Å². The zero-order valence-electron chi connectivity index (χ0n) is 13.7. The molecule has 4 rings (SSSR count). The van der Waals surface area contributed by atoms with Gasteiger partial charge in [0.05, 0.1) is 11.1 Å². The second-order valence-electron chi connectivity index (χ2n) is 6.31. The van der Waals surface area contributed by atoms with Crippen LogP contribution in [0.4, 0.5) is 0 Å². The summed E-state index contributed by atoms with van der Waals surface area (Å²) in [4.78, 5) is 42.4. The average Bonchev–Trinajstić information content (AvgIpc) is 3.31. The van der Waals surface area contributed by atoms with Gasteiger partial charge in [-0.3, -0.25) is 9.59 Å². The highest BCUT2D eigenvalue weighted by molar-refractivity contribution is 6.21. The molecule has 1 aliphatic carbocycles. The molecule has 128 valence electrons. The Morgan fingerprint density at radius 2 is 1.76 bits per heavy atom. The molecule has 0 N–H and O–H groups in total. The zero-order chi connectivity index (χ0) is 17.6. The SMILES string of the molecule is Cc1onc(C2CCCC2)c1C(=O)ON1C(=O)c2ccccc2C1=O. The van der Waals surface area contributed by atoms with Crippen molar-refractivity contribution in [1.29, 1.82) is 0 Å². The van der Waals surface area contributed by atoms with Crippen molar-refractivity contribution >= 4 is 17.8 Å². The molecule has 2 heterocycles. The van der Waals surface area contributed by atoms with Gasteiger partial charge in [0, 0.05) is 5.92 Å². The molecule has 7 heteroatoms. The van der Waals surface area contributed by atoms with Crippen LogP contribution < -0.4 is 0 Å². The van der Waals surface area contributed by atoms with E-state index in [1.807, 2.05) is 0 Å². The van der Waals surface area contributed by atoms with Crippen molar-refractivity contribution in [2.45, 2.75) is 38.5 Å². The predicted octanol–water partition coefficient (Wildman–Crippen LogP) is 3.01. The number of nitrogens with zero attached hydrogens (tertiary/aromatic N) is 2. The number of rotatable bonds is 3. The lowest BCUT2D eigenvalue weighted by atomic mass is 9.99. The van der Waals surface area contributed by atoms with Crippen LogP contribution in [0.3, 0.4) is 0 Å². The lowest BCUT2D eigenvalue weighted by Crippen LogP contribution is -2.33. The summed E-state index contributed by atoms with van der Waals surface area (Å²) < 4.78 is 5.17. The molecular weight excluding hydrogens is 324 g/mol. The van der Waals surface area contributed by atoms with Gasteiger partial charge in [-0.05, 0) is 31.9 Å². The minimum absolute atomic E-state index is 0.141. The predicted molar refractivity (Wildman–Crippen MR) is 84.8 cm³/mol. The lowest BCUT2D eigenvalue weighted by Gasteiger charge is -2.13. The second kappa shape index (κ2) is 5.84. The van der Waals surface area contributed by atoms with Gasteiger partial charge in [0.15, 0.2) is 0 Å². The zero-order valence-corrected chi connectivity index (χ0v) is 13.7. The topological polar surface area (TPSA) is 89.7 Å².